The highest BCUT2D eigenvalue weighted by Crippen LogP contribution is 2.10. The van der Waals surface area contributed by atoms with Gasteiger partial charge >= 0.3 is 0 Å². The quantitative estimate of drug-likeness (QED) is 0.345. The van der Waals surface area contributed by atoms with Gasteiger partial charge in [-0.3, -0.25) is 4.79 Å². The smallest absolute Gasteiger partial charge is 0.242 e. The highest BCUT2D eigenvalue weighted by atomic mass is 16.5. The number of aliphatic imine (C=N–C) groups is 1. The summed E-state index contributed by atoms with van der Waals surface area (Å²) < 4.78 is 5.12. The van der Waals surface area contributed by atoms with Crippen LogP contribution in [0.2, 0.25) is 0 Å². The predicted octanol–water partition coefficient (Wildman–Crippen LogP) is 2.30. The van der Waals surface area contributed by atoms with E-state index < -0.39 is 0 Å². The molecular weight excluding hydrogens is 316 g/mol. The highest BCUT2D eigenvalue weighted by Gasteiger charge is 2.03. The normalized spacial score (nSPS) is 11.3. The molecule has 0 aliphatic carbocycles. The Kier molecular flexibility index (Phi) is 10.1. The van der Waals surface area contributed by atoms with Gasteiger partial charge in [0.25, 0.3) is 0 Å². The van der Waals surface area contributed by atoms with Gasteiger partial charge in [0.1, 0.15) is 12.3 Å². The third kappa shape index (κ3) is 9.59. The lowest BCUT2D eigenvalue weighted by Crippen LogP contribution is -2.39. The summed E-state index contributed by atoms with van der Waals surface area (Å²) in [5, 5.41) is 9.29. The van der Waals surface area contributed by atoms with E-state index in [0.29, 0.717) is 18.4 Å². The van der Waals surface area contributed by atoms with Gasteiger partial charge in [0.15, 0.2) is 5.96 Å². The molecule has 1 aromatic carbocycles. The van der Waals surface area contributed by atoms with Crippen LogP contribution >= 0.6 is 0 Å². The summed E-state index contributed by atoms with van der Waals surface area (Å²) in [5.41, 5.74) is 1.02. The first-order valence-corrected chi connectivity index (χ1v) is 8.97. The predicted molar refractivity (Wildman–Crippen MR) is 103 cm³/mol. The van der Waals surface area contributed by atoms with Gasteiger partial charge < -0.3 is 20.7 Å². The topological polar surface area (TPSA) is 74.8 Å². The number of ether oxygens (including phenoxy) is 1. The second kappa shape index (κ2) is 12.2. The molecule has 0 saturated heterocycles. The molecule has 1 rings (SSSR count). The van der Waals surface area contributed by atoms with E-state index in [1.807, 2.05) is 31.2 Å². The average molecular weight is 348 g/mol. The Morgan fingerprint density at radius 3 is 2.48 bits per heavy atom. The van der Waals surface area contributed by atoms with Crippen LogP contribution < -0.4 is 20.7 Å². The number of guanidine groups is 1. The van der Waals surface area contributed by atoms with Crippen LogP contribution in [-0.2, 0) is 11.3 Å². The molecule has 6 heteroatoms. The number of nitrogens with zero attached hydrogens (tertiary/aromatic N) is 1. The molecule has 0 fully saturated rings. The lowest BCUT2D eigenvalue weighted by atomic mass is 10.1. The molecular formula is C19H32N4O2. The van der Waals surface area contributed by atoms with Crippen molar-refractivity contribution in [3.8, 4) is 5.75 Å². The van der Waals surface area contributed by atoms with E-state index in [0.717, 1.165) is 30.8 Å². The van der Waals surface area contributed by atoms with Gasteiger partial charge in [-0.15, -0.1) is 0 Å². The van der Waals surface area contributed by atoms with E-state index in [1.54, 1.807) is 7.11 Å². The molecule has 1 aromatic rings. The number of amides is 1. The number of carbonyl (C=O) groups excluding carboxylic acids is 1. The Morgan fingerprint density at radius 1 is 1.16 bits per heavy atom. The second-order valence-electron chi connectivity index (χ2n) is 6.28. The van der Waals surface area contributed by atoms with Gasteiger partial charge in [0.2, 0.25) is 5.91 Å². The summed E-state index contributed by atoms with van der Waals surface area (Å²) in [4.78, 5) is 16.3. The van der Waals surface area contributed by atoms with Crippen molar-refractivity contribution >= 4 is 11.9 Å². The third-order valence-electron chi connectivity index (χ3n) is 3.62. The van der Waals surface area contributed by atoms with Crippen molar-refractivity contribution in [3.05, 3.63) is 29.8 Å². The molecule has 0 aliphatic heterocycles. The molecule has 6 nitrogen and oxygen atoms in total. The van der Waals surface area contributed by atoms with E-state index in [-0.39, 0.29) is 12.5 Å². The van der Waals surface area contributed by atoms with Crippen LogP contribution in [0.4, 0.5) is 0 Å². The summed E-state index contributed by atoms with van der Waals surface area (Å²) in [7, 11) is 1.63. The molecule has 0 bridgehead atoms. The number of carbonyl (C=O) groups is 1. The monoisotopic (exact) mass is 348 g/mol. The number of rotatable bonds is 10. The van der Waals surface area contributed by atoms with Gasteiger partial charge in [0, 0.05) is 19.6 Å². The Morgan fingerprint density at radius 2 is 1.88 bits per heavy atom. The molecule has 0 aliphatic rings. The van der Waals surface area contributed by atoms with Crippen molar-refractivity contribution in [3.63, 3.8) is 0 Å². The Labute approximate surface area is 151 Å². The minimum atomic E-state index is -0.102. The zero-order chi connectivity index (χ0) is 18.5. The minimum Gasteiger partial charge on any atom is -0.497 e. The van der Waals surface area contributed by atoms with E-state index >= 15 is 0 Å². The van der Waals surface area contributed by atoms with Crippen molar-refractivity contribution in [2.24, 2.45) is 10.9 Å². The first-order chi connectivity index (χ1) is 12.0. The SMILES string of the molecule is CCNC(=NCC(=O)NCc1ccc(OC)cc1)NCCCC(C)C. The Hall–Kier alpha value is -2.24. The van der Waals surface area contributed by atoms with Crippen molar-refractivity contribution in [1.82, 2.24) is 16.0 Å². The molecule has 0 radical (unpaired) electrons. The van der Waals surface area contributed by atoms with Crippen molar-refractivity contribution in [2.45, 2.75) is 40.2 Å². The van der Waals surface area contributed by atoms with Gasteiger partial charge in [-0.05, 0) is 43.4 Å². The number of nitrogens with one attached hydrogen (secondary N) is 3. The fraction of sp³-hybridized carbons (Fsp3) is 0.579. The molecule has 25 heavy (non-hydrogen) atoms. The van der Waals surface area contributed by atoms with Crippen LogP contribution in [0.5, 0.6) is 5.75 Å². The summed E-state index contributed by atoms with van der Waals surface area (Å²) in [6, 6.07) is 7.62. The van der Waals surface area contributed by atoms with E-state index in [2.05, 4.69) is 34.8 Å². The van der Waals surface area contributed by atoms with Crippen LogP contribution in [0.15, 0.2) is 29.3 Å². The molecule has 0 spiro atoms. The number of hydrogen-bond acceptors (Lipinski definition) is 3. The largest absolute Gasteiger partial charge is 0.497 e. The zero-order valence-corrected chi connectivity index (χ0v) is 15.9. The van der Waals surface area contributed by atoms with Gasteiger partial charge in [-0.25, -0.2) is 4.99 Å². The fourth-order valence-electron chi connectivity index (χ4n) is 2.21. The van der Waals surface area contributed by atoms with Crippen LogP contribution in [0.1, 0.15) is 39.2 Å². The number of benzene rings is 1. The van der Waals surface area contributed by atoms with Crippen molar-refractivity contribution in [1.29, 1.82) is 0 Å². The van der Waals surface area contributed by atoms with Crippen molar-refractivity contribution in [2.75, 3.05) is 26.7 Å². The molecule has 0 atom stereocenters. The zero-order valence-electron chi connectivity index (χ0n) is 15.9. The summed E-state index contributed by atoms with van der Waals surface area (Å²) in [6.45, 7) is 8.65. The molecule has 0 saturated carbocycles. The molecule has 1 amide bonds. The minimum absolute atomic E-state index is 0.102. The fourth-order valence-corrected chi connectivity index (χ4v) is 2.21. The van der Waals surface area contributed by atoms with Crippen molar-refractivity contribution < 1.29 is 9.53 Å². The first kappa shape index (κ1) is 20.8. The maximum atomic E-state index is 12.0. The maximum Gasteiger partial charge on any atom is 0.242 e. The summed E-state index contributed by atoms with van der Waals surface area (Å²) in [5.74, 6) is 2.09. The van der Waals surface area contributed by atoms with E-state index in [4.69, 9.17) is 4.74 Å². The van der Waals surface area contributed by atoms with Crippen LogP contribution in [-0.4, -0.2) is 38.6 Å². The van der Waals surface area contributed by atoms with Crippen LogP contribution in [0.25, 0.3) is 0 Å². The van der Waals surface area contributed by atoms with Crippen LogP contribution in [0, 0.1) is 5.92 Å². The second-order valence-corrected chi connectivity index (χ2v) is 6.28. The summed E-state index contributed by atoms with van der Waals surface area (Å²) >= 11 is 0. The average Bonchev–Trinajstić information content (AvgIpc) is 2.61. The number of hydrogen-bond donors (Lipinski definition) is 3. The molecule has 0 aromatic heterocycles. The standard InChI is InChI=1S/C19H32N4O2/c1-5-20-19(21-12-6-7-15(2)3)23-14-18(24)22-13-16-8-10-17(25-4)11-9-16/h8-11,15H,5-7,12-14H2,1-4H3,(H,22,24)(H2,20,21,23). The first-order valence-electron chi connectivity index (χ1n) is 8.97. The molecule has 0 unspecified atom stereocenters. The van der Waals surface area contributed by atoms with Crippen LogP contribution in [0.3, 0.4) is 0 Å². The van der Waals surface area contributed by atoms with E-state index in [1.165, 1.54) is 6.42 Å². The third-order valence-corrected chi connectivity index (χ3v) is 3.62. The lowest BCUT2D eigenvalue weighted by Gasteiger charge is -2.12. The van der Waals surface area contributed by atoms with Gasteiger partial charge in [0.05, 0.1) is 7.11 Å². The number of methoxy groups -OCH3 is 1. The molecule has 0 heterocycles. The van der Waals surface area contributed by atoms with E-state index in [9.17, 15) is 4.79 Å². The summed E-state index contributed by atoms with van der Waals surface area (Å²) in [6.07, 6.45) is 2.26. The van der Waals surface area contributed by atoms with Gasteiger partial charge in [-0.2, -0.15) is 0 Å². The lowest BCUT2D eigenvalue weighted by molar-refractivity contribution is -0.119. The molecule has 140 valence electrons. The molecule has 3 N–H and O–H groups in total. The van der Waals surface area contributed by atoms with Gasteiger partial charge in [-0.1, -0.05) is 26.0 Å². The maximum absolute atomic E-state index is 12.0. The Bertz CT molecular complexity index is 527. The highest BCUT2D eigenvalue weighted by molar-refractivity contribution is 5.84. The Balaban J connectivity index is 2.36.